The average Bonchev–Trinajstić information content (AvgIpc) is 3.24. The molecular weight excluding hydrogens is 328 g/mol. The molecule has 1 saturated heterocycles. The number of ketones is 1. The van der Waals surface area contributed by atoms with Gasteiger partial charge in [-0.25, -0.2) is 0 Å². The molecule has 0 bridgehead atoms. The summed E-state index contributed by atoms with van der Waals surface area (Å²) in [4.78, 5) is 34.2. The summed E-state index contributed by atoms with van der Waals surface area (Å²) in [6.07, 6.45) is 6.00. The summed E-state index contributed by atoms with van der Waals surface area (Å²) in [5.41, 5.74) is 3.63. The second kappa shape index (κ2) is 7.83. The van der Waals surface area contributed by atoms with Gasteiger partial charge in [-0.15, -0.1) is 0 Å². The van der Waals surface area contributed by atoms with Gasteiger partial charge in [0.1, 0.15) is 0 Å². The summed E-state index contributed by atoms with van der Waals surface area (Å²) in [6, 6.07) is 4.10. The Morgan fingerprint density at radius 2 is 2.04 bits per heavy atom. The number of nitrogens with zero attached hydrogens (tertiary/aromatic N) is 2. The van der Waals surface area contributed by atoms with E-state index in [4.69, 9.17) is 0 Å². The number of hydrogen-bond acceptors (Lipinski definition) is 4. The van der Waals surface area contributed by atoms with Gasteiger partial charge in [0.15, 0.2) is 5.78 Å². The Kier molecular flexibility index (Phi) is 5.52. The van der Waals surface area contributed by atoms with E-state index in [0.29, 0.717) is 23.4 Å². The average molecular weight is 354 g/mol. The molecule has 2 aromatic heterocycles. The van der Waals surface area contributed by atoms with Crippen molar-refractivity contribution in [2.45, 2.75) is 39.7 Å². The Hall–Kier alpha value is -2.47. The molecule has 0 spiro atoms. The highest BCUT2D eigenvalue weighted by Gasteiger charge is 2.26. The molecule has 1 amide bonds. The van der Waals surface area contributed by atoms with Crippen molar-refractivity contribution < 1.29 is 9.59 Å². The fraction of sp³-hybridized carbons (Fsp3) is 0.450. The minimum Gasteiger partial charge on any atom is -0.355 e. The Morgan fingerprint density at radius 1 is 1.31 bits per heavy atom. The van der Waals surface area contributed by atoms with Crippen molar-refractivity contribution in [3.05, 3.63) is 52.6 Å². The van der Waals surface area contributed by atoms with Crippen molar-refractivity contribution in [2.24, 2.45) is 0 Å². The van der Waals surface area contributed by atoms with Crippen LogP contribution in [-0.4, -0.2) is 46.2 Å². The van der Waals surface area contributed by atoms with Crippen molar-refractivity contribution in [1.29, 1.82) is 0 Å². The molecule has 2 N–H and O–H groups in total. The molecular formula is C20H26N4O2. The minimum absolute atomic E-state index is 0.0602. The number of pyridine rings is 1. The quantitative estimate of drug-likeness (QED) is 0.782. The normalized spacial score (nSPS) is 15.8. The van der Waals surface area contributed by atoms with E-state index >= 15 is 0 Å². The predicted molar refractivity (Wildman–Crippen MR) is 100 cm³/mol. The van der Waals surface area contributed by atoms with Gasteiger partial charge in [-0.05, 0) is 57.0 Å². The molecule has 1 aliphatic rings. The minimum atomic E-state index is -0.142. The molecule has 138 valence electrons. The number of Topliss-reactive ketones (excluding diaryl/α,β-unsaturated/α-hetero) is 1. The highest BCUT2D eigenvalue weighted by atomic mass is 16.1. The third-order valence-electron chi connectivity index (χ3n) is 5.12. The zero-order valence-electron chi connectivity index (χ0n) is 15.6. The monoisotopic (exact) mass is 354 g/mol. The van der Waals surface area contributed by atoms with Crippen LogP contribution in [0.25, 0.3) is 0 Å². The van der Waals surface area contributed by atoms with E-state index in [1.54, 1.807) is 6.20 Å². The van der Waals surface area contributed by atoms with Crippen molar-refractivity contribution in [1.82, 2.24) is 20.2 Å². The molecule has 6 nitrogen and oxygen atoms in total. The van der Waals surface area contributed by atoms with Gasteiger partial charge in [0.05, 0.1) is 17.3 Å². The van der Waals surface area contributed by atoms with E-state index in [1.807, 2.05) is 26.1 Å². The van der Waals surface area contributed by atoms with E-state index in [9.17, 15) is 9.59 Å². The lowest BCUT2D eigenvalue weighted by molar-refractivity contribution is 0.0936. The van der Waals surface area contributed by atoms with Crippen LogP contribution in [-0.2, 0) is 0 Å². The fourth-order valence-corrected chi connectivity index (χ4v) is 3.80. The van der Waals surface area contributed by atoms with Crippen molar-refractivity contribution in [3.63, 3.8) is 0 Å². The number of aryl methyl sites for hydroxylation is 1. The molecule has 0 saturated carbocycles. The predicted octanol–water partition coefficient (Wildman–Crippen LogP) is 2.80. The molecule has 1 unspecified atom stereocenters. The molecule has 0 aliphatic carbocycles. The second-order valence-corrected chi connectivity index (χ2v) is 6.94. The highest BCUT2D eigenvalue weighted by molar-refractivity contribution is 6.02. The lowest BCUT2D eigenvalue weighted by Crippen LogP contribution is -2.37. The molecule has 26 heavy (non-hydrogen) atoms. The lowest BCUT2D eigenvalue weighted by atomic mass is 10.1. The number of amides is 1. The summed E-state index contributed by atoms with van der Waals surface area (Å²) < 4.78 is 0. The number of H-pyrrole nitrogens is 1. The number of hydrogen-bond donors (Lipinski definition) is 2. The third-order valence-corrected chi connectivity index (χ3v) is 5.12. The highest BCUT2D eigenvalue weighted by Crippen LogP contribution is 2.24. The lowest BCUT2D eigenvalue weighted by Gasteiger charge is -2.28. The zero-order chi connectivity index (χ0) is 18.7. The van der Waals surface area contributed by atoms with Gasteiger partial charge in [-0.3, -0.25) is 19.5 Å². The van der Waals surface area contributed by atoms with E-state index in [0.717, 1.165) is 24.3 Å². The van der Waals surface area contributed by atoms with E-state index in [-0.39, 0.29) is 17.7 Å². The Bertz CT molecular complexity index is 792. The van der Waals surface area contributed by atoms with Crippen LogP contribution < -0.4 is 5.32 Å². The van der Waals surface area contributed by atoms with Crippen LogP contribution in [0.1, 0.15) is 63.5 Å². The number of rotatable bonds is 6. The number of likely N-dealkylation sites (tertiary alicyclic amines) is 1. The van der Waals surface area contributed by atoms with Gasteiger partial charge < -0.3 is 10.3 Å². The van der Waals surface area contributed by atoms with Crippen LogP contribution in [0.4, 0.5) is 0 Å². The maximum Gasteiger partial charge on any atom is 0.253 e. The van der Waals surface area contributed by atoms with Crippen LogP contribution in [0, 0.1) is 13.8 Å². The van der Waals surface area contributed by atoms with Gasteiger partial charge in [0.2, 0.25) is 0 Å². The SMILES string of the molecule is CC(=O)c1[nH]c(C)c(C(=O)NCC(c2cccnc2)N2CCCC2)c1C. The van der Waals surface area contributed by atoms with Crippen molar-refractivity contribution in [3.8, 4) is 0 Å². The molecule has 1 atom stereocenters. The van der Waals surface area contributed by atoms with Crippen molar-refractivity contribution >= 4 is 11.7 Å². The summed E-state index contributed by atoms with van der Waals surface area (Å²) in [5, 5.41) is 3.07. The van der Waals surface area contributed by atoms with E-state index in [1.165, 1.54) is 19.8 Å². The molecule has 3 heterocycles. The Labute approximate surface area is 154 Å². The van der Waals surface area contributed by atoms with Gasteiger partial charge in [-0.2, -0.15) is 0 Å². The summed E-state index contributed by atoms with van der Waals surface area (Å²) >= 11 is 0. The van der Waals surface area contributed by atoms with Gasteiger partial charge >= 0.3 is 0 Å². The molecule has 2 aromatic rings. The number of carbonyl (C=O) groups excluding carboxylic acids is 2. The first kappa shape index (κ1) is 18.3. The van der Waals surface area contributed by atoms with Gasteiger partial charge in [0.25, 0.3) is 5.91 Å². The number of carbonyl (C=O) groups is 2. The first-order chi connectivity index (χ1) is 12.5. The van der Waals surface area contributed by atoms with Gasteiger partial charge in [-0.1, -0.05) is 6.07 Å². The zero-order valence-corrected chi connectivity index (χ0v) is 15.6. The van der Waals surface area contributed by atoms with Gasteiger partial charge in [0, 0.05) is 31.6 Å². The standard InChI is InChI=1S/C20H26N4O2/c1-13-18(14(2)23-19(13)15(3)25)20(26)22-12-17(24-9-4-5-10-24)16-7-6-8-21-11-16/h6-8,11,17,23H,4-5,9-10,12H2,1-3H3,(H,22,26). The van der Waals surface area contributed by atoms with Crippen LogP contribution in [0.5, 0.6) is 0 Å². The summed E-state index contributed by atoms with van der Waals surface area (Å²) in [6.45, 7) is 7.73. The van der Waals surface area contributed by atoms with Crippen LogP contribution in [0.2, 0.25) is 0 Å². The first-order valence-electron chi connectivity index (χ1n) is 9.11. The maximum absolute atomic E-state index is 12.8. The molecule has 0 radical (unpaired) electrons. The van der Waals surface area contributed by atoms with Crippen molar-refractivity contribution in [2.75, 3.05) is 19.6 Å². The number of aromatic amines is 1. The van der Waals surface area contributed by atoms with E-state index in [2.05, 4.69) is 26.3 Å². The Morgan fingerprint density at radius 3 is 2.62 bits per heavy atom. The smallest absolute Gasteiger partial charge is 0.253 e. The number of aromatic nitrogens is 2. The van der Waals surface area contributed by atoms with Crippen LogP contribution >= 0.6 is 0 Å². The van der Waals surface area contributed by atoms with Crippen LogP contribution in [0.15, 0.2) is 24.5 Å². The van der Waals surface area contributed by atoms with Crippen LogP contribution in [0.3, 0.4) is 0 Å². The molecule has 1 aliphatic heterocycles. The maximum atomic E-state index is 12.8. The fourth-order valence-electron chi connectivity index (χ4n) is 3.80. The number of nitrogens with one attached hydrogen (secondary N) is 2. The molecule has 3 rings (SSSR count). The van der Waals surface area contributed by atoms with E-state index < -0.39 is 0 Å². The second-order valence-electron chi connectivity index (χ2n) is 6.94. The first-order valence-corrected chi connectivity index (χ1v) is 9.11. The largest absolute Gasteiger partial charge is 0.355 e. The molecule has 0 aromatic carbocycles. The topological polar surface area (TPSA) is 78.1 Å². The molecule has 6 heteroatoms. The molecule has 1 fully saturated rings. The third kappa shape index (κ3) is 3.70. The summed E-state index contributed by atoms with van der Waals surface area (Å²) in [7, 11) is 0. The summed E-state index contributed by atoms with van der Waals surface area (Å²) in [5.74, 6) is -0.202. The Balaban J connectivity index is 1.77.